The standard InChI is InChI=1S/C14H16F3N3O/c1-4-9(12(18)14(15,16)17)13(21)20-11-7-5-6-10(19-11)8(2)3/h4-8,18H,1-3H3,(H,19,20,21)/b9-4+,18-12?. The molecule has 1 amide bonds. The zero-order chi connectivity index (χ0) is 16.2. The molecule has 0 spiro atoms. The Bertz CT molecular complexity index is 577. The minimum absolute atomic E-state index is 0.122. The van der Waals surface area contributed by atoms with E-state index in [4.69, 9.17) is 5.41 Å². The highest BCUT2D eigenvalue weighted by atomic mass is 19.4. The summed E-state index contributed by atoms with van der Waals surface area (Å²) in [5.41, 5.74) is -1.71. The number of allylic oxidation sites excluding steroid dienone is 1. The maximum absolute atomic E-state index is 12.5. The smallest absolute Gasteiger partial charge is 0.307 e. The Balaban J connectivity index is 2.95. The van der Waals surface area contributed by atoms with Crippen LogP contribution >= 0.6 is 0 Å². The highest BCUT2D eigenvalue weighted by Crippen LogP contribution is 2.22. The number of hydrogen-bond donors (Lipinski definition) is 2. The molecular formula is C14H16F3N3O. The van der Waals surface area contributed by atoms with Crippen LogP contribution in [0.15, 0.2) is 29.8 Å². The molecule has 4 nitrogen and oxygen atoms in total. The van der Waals surface area contributed by atoms with Crippen LogP contribution in [-0.4, -0.2) is 22.8 Å². The van der Waals surface area contributed by atoms with Gasteiger partial charge in [0.25, 0.3) is 5.91 Å². The molecular weight excluding hydrogens is 283 g/mol. The van der Waals surface area contributed by atoms with Crippen molar-refractivity contribution in [2.45, 2.75) is 32.9 Å². The minimum atomic E-state index is -4.87. The third-order valence-electron chi connectivity index (χ3n) is 2.69. The van der Waals surface area contributed by atoms with Crippen molar-refractivity contribution in [2.75, 3.05) is 5.32 Å². The molecule has 7 heteroatoms. The molecule has 1 heterocycles. The first-order valence-corrected chi connectivity index (χ1v) is 6.27. The van der Waals surface area contributed by atoms with Crippen LogP contribution in [0.2, 0.25) is 0 Å². The number of nitrogens with zero attached hydrogens (tertiary/aromatic N) is 1. The molecule has 0 unspecified atom stereocenters. The second-order valence-electron chi connectivity index (χ2n) is 4.63. The van der Waals surface area contributed by atoms with Gasteiger partial charge < -0.3 is 5.32 Å². The summed E-state index contributed by atoms with van der Waals surface area (Å²) in [4.78, 5) is 16.0. The minimum Gasteiger partial charge on any atom is -0.307 e. The van der Waals surface area contributed by atoms with Gasteiger partial charge in [-0.15, -0.1) is 0 Å². The zero-order valence-electron chi connectivity index (χ0n) is 11.9. The van der Waals surface area contributed by atoms with Gasteiger partial charge in [-0.25, -0.2) is 4.98 Å². The number of alkyl halides is 3. The highest BCUT2D eigenvalue weighted by molar-refractivity contribution is 6.25. The van der Waals surface area contributed by atoms with Gasteiger partial charge >= 0.3 is 6.18 Å². The lowest BCUT2D eigenvalue weighted by molar-refractivity contribution is -0.113. The summed E-state index contributed by atoms with van der Waals surface area (Å²) in [6.07, 6.45) is -3.91. The number of halogens is 3. The maximum Gasteiger partial charge on any atom is 0.433 e. The highest BCUT2D eigenvalue weighted by Gasteiger charge is 2.38. The first-order valence-electron chi connectivity index (χ1n) is 6.27. The van der Waals surface area contributed by atoms with Gasteiger partial charge in [0.1, 0.15) is 11.5 Å². The van der Waals surface area contributed by atoms with E-state index >= 15 is 0 Å². The predicted octanol–water partition coefficient (Wildman–Crippen LogP) is 3.67. The fourth-order valence-electron chi connectivity index (χ4n) is 1.57. The number of rotatable bonds is 4. The third-order valence-corrected chi connectivity index (χ3v) is 2.69. The SMILES string of the molecule is C/C=C(\C(=N)C(F)(F)F)C(=O)Nc1cccc(C(C)C)n1. The summed E-state index contributed by atoms with van der Waals surface area (Å²) in [6.45, 7) is 5.09. The van der Waals surface area contributed by atoms with E-state index in [1.807, 2.05) is 13.8 Å². The number of carbonyl (C=O) groups is 1. The molecule has 2 N–H and O–H groups in total. The molecule has 114 valence electrons. The summed E-state index contributed by atoms with van der Waals surface area (Å²) in [6, 6.07) is 4.89. The Kier molecular flexibility index (Phi) is 5.23. The van der Waals surface area contributed by atoms with Crippen molar-refractivity contribution in [2.24, 2.45) is 0 Å². The largest absolute Gasteiger partial charge is 0.433 e. The molecule has 0 atom stereocenters. The van der Waals surface area contributed by atoms with Crippen molar-refractivity contribution < 1.29 is 18.0 Å². The lowest BCUT2D eigenvalue weighted by Gasteiger charge is -2.13. The van der Waals surface area contributed by atoms with Crippen molar-refractivity contribution in [3.63, 3.8) is 0 Å². The summed E-state index contributed by atoms with van der Waals surface area (Å²) in [5.74, 6) is -0.731. The quantitative estimate of drug-likeness (QED) is 0.658. The number of nitrogens with one attached hydrogen (secondary N) is 2. The average molecular weight is 299 g/mol. The molecule has 1 aromatic rings. The Morgan fingerprint density at radius 1 is 1.38 bits per heavy atom. The van der Waals surface area contributed by atoms with Crippen LogP contribution in [0.1, 0.15) is 32.4 Å². The second-order valence-corrected chi connectivity index (χ2v) is 4.63. The number of anilines is 1. The van der Waals surface area contributed by atoms with Crippen LogP contribution in [0.25, 0.3) is 0 Å². The van der Waals surface area contributed by atoms with Crippen molar-refractivity contribution in [3.8, 4) is 0 Å². The monoisotopic (exact) mass is 299 g/mol. The van der Waals surface area contributed by atoms with Gasteiger partial charge in [0.05, 0.1) is 5.57 Å². The molecule has 1 aromatic heterocycles. The van der Waals surface area contributed by atoms with Crippen LogP contribution < -0.4 is 5.32 Å². The number of pyridine rings is 1. The summed E-state index contributed by atoms with van der Waals surface area (Å²) in [7, 11) is 0. The van der Waals surface area contributed by atoms with E-state index in [2.05, 4.69) is 10.3 Å². The van der Waals surface area contributed by atoms with E-state index < -0.39 is 23.4 Å². The Labute approximate surface area is 120 Å². The number of aromatic nitrogens is 1. The van der Waals surface area contributed by atoms with Crippen LogP contribution in [0.5, 0.6) is 0 Å². The Morgan fingerprint density at radius 2 is 2.00 bits per heavy atom. The lowest BCUT2D eigenvalue weighted by Crippen LogP contribution is -2.30. The fourth-order valence-corrected chi connectivity index (χ4v) is 1.57. The molecule has 0 aliphatic heterocycles. The number of amides is 1. The average Bonchev–Trinajstić information content (AvgIpc) is 2.38. The van der Waals surface area contributed by atoms with Gasteiger partial charge in [0.15, 0.2) is 0 Å². The van der Waals surface area contributed by atoms with E-state index in [1.165, 1.54) is 13.0 Å². The fraction of sp³-hybridized carbons (Fsp3) is 0.357. The van der Waals surface area contributed by atoms with Gasteiger partial charge in [0, 0.05) is 5.69 Å². The summed E-state index contributed by atoms with van der Waals surface area (Å²) >= 11 is 0. The molecule has 0 aliphatic rings. The first-order chi connectivity index (χ1) is 9.66. The van der Waals surface area contributed by atoms with Gasteiger partial charge in [-0.2, -0.15) is 13.2 Å². The summed E-state index contributed by atoms with van der Waals surface area (Å²) in [5, 5.41) is 9.31. The topological polar surface area (TPSA) is 65.8 Å². The van der Waals surface area contributed by atoms with Gasteiger partial charge in [0.2, 0.25) is 0 Å². The molecule has 21 heavy (non-hydrogen) atoms. The second kappa shape index (κ2) is 6.51. The van der Waals surface area contributed by atoms with Gasteiger partial charge in [-0.1, -0.05) is 26.0 Å². The van der Waals surface area contributed by atoms with Crippen molar-refractivity contribution in [3.05, 3.63) is 35.5 Å². The Hall–Kier alpha value is -2.18. The maximum atomic E-state index is 12.5. The van der Waals surface area contributed by atoms with Crippen molar-refractivity contribution in [1.82, 2.24) is 4.98 Å². The zero-order valence-corrected chi connectivity index (χ0v) is 11.9. The van der Waals surface area contributed by atoms with Gasteiger partial charge in [-0.05, 0) is 25.0 Å². The molecule has 1 rings (SSSR count). The molecule has 0 fully saturated rings. The van der Waals surface area contributed by atoms with Crippen molar-refractivity contribution >= 4 is 17.4 Å². The number of hydrogen-bond acceptors (Lipinski definition) is 3. The lowest BCUT2D eigenvalue weighted by atomic mass is 10.1. The normalized spacial score (nSPS) is 12.4. The van der Waals surface area contributed by atoms with Crippen LogP contribution in [-0.2, 0) is 4.79 Å². The summed E-state index contributed by atoms with van der Waals surface area (Å²) < 4.78 is 37.5. The van der Waals surface area contributed by atoms with Gasteiger partial charge in [-0.3, -0.25) is 10.2 Å². The van der Waals surface area contributed by atoms with E-state index in [0.29, 0.717) is 5.69 Å². The van der Waals surface area contributed by atoms with E-state index in [1.54, 1.807) is 12.1 Å². The van der Waals surface area contributed by atoms with Crippen LogP contribution in [0, 0.1) is 5.41 Å². The predicted molar refractivity (Wildman–Crippen MR) is 74.5 cm³/mol. The molecule has 0 saturated heterocycles. The first kappa shape index (κ1) is 16.9. The van der Waals surface area contributed by atoms with E-state index in [-0.39, 0.29) is 11.7 Å². The third kappa shape index (κ3) is 4.40. The van der Waals surface area contributed by atoms with Crippen molar-refractivity contribution in [1.29, 1.82) is 5.41 Å². The molecule has 0 radical (unpaired) electrons. The molecule has 0 aromatic carbocycles. The van der Waals surface area contributed by atoms with Crippen LogP contribution in [0.3, 0.4) is 0 Å². The molecule has 0 saturated carbocycles. The van der Waals surface area contributed by atoms with E-state index in [9.17, 15) is 18.0 Å². The Morgan fingerprint density at radius 3 is 2.48 bits per heavy atom. The molecule has 0 bridgehead atoms. The van der Waals surface area contributed by atoms with E-state index in [0.717, 1.165) is 6.08 Å². The molecule has 0 aliphatic carbocycles. The number of carbonyl (C=O) groups excluding carboxylic acids is 1. The van der Waals surface area contributed by atoms with Crippen LogP contribution in [0.4, 0.5) is 19.0 Å².